The lowest BCUT2D eigenvalue weighted by Gasteiger charge is -2.18. The molecular formula is C10H24N2. The minimum atomic E-state index is 0.420. The second-order valence-electron chi connectivity index (χ2n) is 4.55. The number of hydrogen-bond acceptors (Lipinski definition) is 2. The zero-order valence-corrected chi connectivity index (χ0v) is 9.04. The molecule has 0 heterocycles. The molecule has 0 aliphatic heterocycles. The molecule has 0 rings (SSSR count). The van der Waals surface area contributed by atoms with Gasteiger partial charge < -0.3 is 10.6 Å². The maximum atomic E-state index is 3.46. The van der Waals surface area contributed by atoms with Gasteiger partial charge >= 0.3 is 0 Å². The first kappa shape index (κ1) is 11.9. The molecule has 12 heavy (non-hydrogen) atoms. The van der Waals surface area contributed by atoms with Crippen molar-refractivity contribution in [3.8, 4) is 0 Å². The normalized spacial score (nSPS) is 12.0. The van der Waals surface area contributed by atoms with Crippen LogP contribution in [0.3, 0.4) is 0 Å². The molecule has 0 spiro atoms. The Morgan fingerprint density at radius 3 is 2.08 bits per heavy atom. The van der Waals surface area contributed by atoms with E-state index in [9.17, 15) is 0 Å². The fraction of sp³-hybridized carbons (Fsp3) is 1.00. The number of nitrogens with one attached hydrogen (secondary N) is 2. The van der Waals surface area contributed by atoms with E-state index < -0.39 is 0 Å². The molecule has 0 radical (unpaired) electrons. The van der Waals surface area contributed by atoms with Crippen LogP contribution in [0.2, 0.25) is 0 Å². The summed E-state index contributed by atoms with van der Waals surface area (Å²) in [5.74, 6) is 0. The second-order valence-corrected chi connectivity index (χ2v) is 4.55. The molecule has 0 aliphatic rings. The highest BCUT2D eigenvalue weighted by Crippen LogP contribution is 2.09. The van der Waals surface area contributed by atoms with Gasteiger partial charge in [0.15, 0.2) is 0 Å². The van der Waals surface area contributed by atoms with E-state index in [0.29, 0.717) is 5.41 Å². The molecule has 0 bridgehead atoms. The van der Waals surface area contributed by atoms with Crippen LogP contribution >= 0.6 is 0 Å². The molecule has 0 fully saturated rings. The van der Waals surface area contributed by atoms with Gasteiger partial charge in [-0.05, 0) is 44.9 Å². The van der Waals surface area contributed by atoms with Crippen molar-refractivity contribution in [2.45, 2.75) is 33.6 Å². The molecule has 0 saturated heterocycles. The Kier molecular flexibility index (Phi) is 6.39. The van der Waals surface area contributed by atoms with Crippen LogP contribution in [0.1, 0.15) is 33.6 Å². The molecule has 0 aromatic rings. The summed E-state index contributed by atoms with van der Waals surface area (Å²) in [5.41, 5.74) is 0.420. The Labute approximate surface area is 77.1 Å². The highest BCUT2D eigenvalue weighted by molar-refractivity contribution is 4.64. The molecule has 0 atom stereocenters. The summed E-state index contributed by atoms with van der Waals surface area (Å²) < 4.78 is 0. The molecular weight excluding hydrogens is 148 g/mol. The lowest BCUT2D eigenvalue weighted by atomic mass is 9.97. The van der Waals surface area contributed by atoms with Gasteiger partial charge in [0.1, 0.15) is 0 Å². The van der Waals surface area contributed by atoms with E-state index in [0.717, 1.165) is 19.6 Å². The molecule has 74 valence electrons. The van der Waals surface area contributed by atoms with Crippen molar-refractivity contribution in [1.29, 1.82) is 0 Å². The zero-order chi connectivity index (χ0) is 9.45. The van der Waals surface area contributed by atoms with Crippen LogP contribution in [-0.4, -0.2) is 26.7 Å². The first-order valence-electron chi connectivity index (χ1n) is 4.91. The van der Waals surface area contributed by atoms with E-state index >= 15 is 0 Å². The number of unbranched alkanes of at least 4 members (excludes halogenated alkanes) is 1. The highest BCUT2D eigenvalue weighted by Gasteiger charge is 2.07. The first-order valence-corrected chi connectivity index (χ1v) is 4.91. The van der Waals surface area contributed by atoms with Crippen molar-refractivity contribution in [1.82, 2.24) is 10.6 Å². The second kappa shape index (κ2) is 6.44. The highest BCUT2D eigenvalue weighted by atomic mass is 14.9. The zero-order valence-electron chi connectivity index (χ0n) is 9.04. The largest absolute Gasteiger partial charge is 0.320 e. The molecule has 0 saturated carbocycles. The van der Waals surface area contributed by atoms with Crippen molar-refractivity contribution in [3.05, 3.63) is 0 Å². The fourth-order valence-electron chi connectivity index (χ4n) is 1.02. The van der Waals surface area contributed by atoms with Crippen molar-refractivity contribution in [3.63, 3.8) is 0 Å². The lowest BCUT2D eigenvalue weighted by molar-refractivity contribution is 0.378. The van der Waals surface area contributed by atoms with Crippen molar-refractivity contribution in [2.75, 3.05) is 26.7 Å². The van der Waals surface area contributed by atoms with E-state index in [1.165, 1.54) is 12.8 Å². The van der Waals surface area contributed by atoms with Crippen molar-refractivity contribution < 1.29 is 0 Å². The Morgan fingerprint density at radius 2 is 1.58 bits per heavy atom. The quantitative estimate of drug-likeness (QED) is 0.595. The monoisotopic (exact) mass is 172 g/mol. The maximum absolute atomic E-state index is 3.46. The summed E-state index contributed by atoms with van der Waals surface area (Å²) in [6.07, 6.45) is 2.55. The van der Waals surface area contributed by atoms with Crippen LogP contribution in [0, 0.1) is 5.41 Å². The average Bonchev–Trinajstić information content (AvgIpc) is 1.94. The molecule has 0 aliphatic carbocycles. The predicted octanol–water partition coefficient (Wildman–Crippen LogP) is 1.62. The van der Waals surface area contributed by atoms with E-state index in [1.807, 2.05) is 7.05 Å². The van der Waals surface area contributed by atoms with E-state index in [-0.39, 0.29) is 0 Å². The van der Waals surface area contributed by atoms with Crippen LogP contribution in [0.5, 0.6) is 0 Å². The summed E-state index contributed by atoms with van der Waals surface area (Å²) in [4.78, 5) is 0. The average molecular weight is 172 g/mol. The van der Waals surface area contributed by atoms with Crippen LogP contribution in [0.4, 0.5) is 0 Å². The van der Waals surface area contributed by atoms with Gasteiger partial charge in [0.05, 0.1) is 0 Å². The van der Waals surface area contributed by atoms with Gasteiger partial charge in [-0.15, -0.1) is 0 Å². The van der Waals surface area contributed by atoms with E-state index in [4.69, 9.17) is 0 Å². The lowest BCUT2D eigenvalue weighted by Crippen LogP contribution is -2.27. The Balaban J connectivity index is 3.01. The fourth-order valence-corrected chi connectivity index (χ4v) is 1.02. The third kappa shape index (κ3) is 9.92. The molecule has 2 nitrogen and oxygen atoms in total. The Bertz CT molecular complexity index is 94.5. The summed E-state index contributed by atoms with van der Waals surface area (Å²) in [7, 11) is 2.00. The SMILES string of the molecule is CNCCCCNCC(C)(C)C. The molecule has 0 aromatic heterocycles. The molecule has 0 aromatic carbocycles. The topological polar surface area (TPSA) is 24.1 Å². The van der Waals surface area contributed by atoms with Gasteiger partial charge in [-0.1, -0.05) is 20.8 Å². The van der Waals surface area contributed by atoms with Crippen molar-refractivity contribution in [2.24, 2.45) is 5.41 Å². The summed E-state index contributed by atoms with van der Waals surface area (Å²) in [5, 5.41) is 6.60. The Morgan fingerprint density at radius 1 is 1.00 bits per heavy atom. The third-order valence-corrected chi connectivity index (χ3v) is 1.69. The van der Waals surface area contributed by atoms with Crippen molar-refractivity contribution >= 4 is 0 Å². The third-order valence-electron chi connectivity index (χ3n) is 1.69. The van der Waals surface area contributed by atoms with Gasteiger partial charge in [0, 0.05) is 0 Å². The smallest absolute Gasteiger partial charge is 0.0000125 e. The van der Waals surface area contributed by atoms with Gasteiger partial charge in [0.2, 0.25) is 0 Å². The minimum Gasteiger partial charge on any atom is -0.320 e. The first-order chi connectivity index (χ1) is 5.56. The van der Waals surface area contributed by atoms with E-state index in [2.05, 4.69) is 31.4 Å². The minimum absolute atomic E-state index is 0.420. The molecule has 0 unspecified atom stereocenters. The summed E-state index contributed by atoms with van der Waals surface area (Å²) >= 11 is 0. The van der Waals surface area contributed by atoms with Crippen LogP contribution in [0.25, 0.3) is 0 Å². The molecule has 0 amide bonds. The van der Waals surface area contributed by atoms with Gasteiger partial charge in [-0.25, -0.2) is 0 Å². The van der Waals surface area contributed by atoms with Crippen LogP contribution < -0.4 is 10.6 Å². The number of rotatable bonds is 6. The van der Waals surface area contributed by atoms with Crippen LogP contribution in [0.15, 0.2) is 0 Å². The Hall–Kier alpha value is -0.0800. The molecule has 2 heteroatoms. The predicted molar refractivity (Wildman–Crippen MR) is 55.5 cm³/mol. The van der Waals surface area contributed by atoms with Gasteiger partial charge in [-0.3, -0.25) is 0 Å². The van der Waals surface area contributed by atoms with E-state index in [1.54, 1.807) is 0 Å². The summed E-state index contributed by atoms with van der Waals surface area (Å²) in [6.45, 7) is 10.2. The van der Waals surface area contributed by atoms with Crippen LogP contribution in [-0.2, 0) is 0 Å². The molecule has 2 N–H and O–H groups in total. The maximum Gasteiger partial charge on any atom is -0.0000125 e. The summed E-state index contributed by atoms with van der Waals surface area (Å²) in [6, 6.07) is 0. The van der Waals surface area contributed by atoms with Gasteiger partial charge in [-0.2, -0.15) is 0 Å². The van der Waals surface area contributed by atoms with Gasteiger partial charge in [0.25, 0.3) is 0 Å². The standard InChI is InChI=1S/C10H24N2/c1-10(2,3)9-12-8-6-5-7-11-4/h11-12H,5-9H2,1-4H3. The number of hydrogen-bond donors (Lipinski definition) is 2.